The molecular formula is C14H13F3O2. The lowest BCUT2D eigenvalue weighted by atomic mass is 10.1. The highest BCUT2D eigenvalue weighted by atomic mass is 19.4. The Bertz CT molecular complexity index is 532. The molecule has 2 rings (SSSR count). The molecule has 1 heterocycles. The molecule has 0 atom stereocenters. The molecule has 0 aliphatic carbocycles. The molecule has 0 saturated carbocycles. The van der Waals surface area contributed by atoms with Crippen molar-refractivity contribution in [2.45, 2.75) is 26.1 Å². The van der Waals surface area contributed by atoms with Crippen LogP contribution >= 0.6 is 0 Å². The molecule has 102 valence electrons. The Morgan fingerprint density at radius 1 is 1.16 bits per heavy atom. The maximum atomic E-state index is 12.4. The fourth-order valence-corrected chi connectivity index (χ4v) is 1.87. The minimum Gasteiger partial charge on any atom is -0.461 e. The normalized spacial score (nSPS) is 11.8. The second-order valence-electron chi connectivity index (χ2n) is 4.15. The third-order valence-corrected chi connectivity index (χ3v) is 2.88. The summed E-state index contributed by atoms with van der Waals surface area (Å²) in [4.78, 5) is 0. The number of aryl methyl sites for hydroxylation is 1. The van der Waals surface area contributed by atoms with Crippen molar-refractivity contribution >= 4 is 0 Å². The molecule has 0 saturated heterocycles. The average molecular weight is 270 g/mol. The monoisotopic (exact) mass is 270 g/mol. The van der Waals surface area contributed by atoms with Gasteiger partial charge in [-0.1, -0.05) is 19.1 Å². The molecule has 2 nitrogen and oxygen atoms in total. The highest BCUT2D eigenvalue weighted by molar-refractivity contribution is 5.59. The summed E-state index contributed by atoms with van der Waals surface area (Å²) in [5, 5.41) is 9.15. The van der Waals surface area contributed by atoms with Crippen molar-refractivity contribution in [2.75, 3.05) is 0 Å². The number of alkyl halides is 3. The largest absolute Gasteiger partial charge is 0.461 e. The molecular weight excluding hydrogens is 257 g/mol. The van der Waals surface area contributed by atoms with E-state index in [1.54, 1.807) is 6.07 Å². The van der Waals surface area contributed by atoms with E-state index in [2.05, 4.69) is 0 Å². The molecule has 0 aliphatic rings. The second-order valence-corrected chi connectivity index (χ2v) is 4.15. The minimum absolute atomic E-state index is 0.146. The van der Waals surface area contributed by atoms with Crippen LogP contribution in [-0.2, 0) is 19.2 Å². The Hall–Kier alpha value is -1.75. The fourth-order valence-electron chi connectivity index (χ4n) is 1.87. The molecule has 0 amide bonds. The van der Waals surface area contributed by atoms with E-state index in [1.807, 2.05) is 6.92 Å². The first-order valence-electron chi connectivity index (χ1n) is 5.85. The van der Waals surface area contributed by atoms with Crippen molar-refractivity contribution in [1.82, 2.24) is 0 Å². The number of halogens is 3. The molecule has 0 radical (unpaired) electrons. The molecule has 0 aliphatic heterocycles. The molecule has 19 heavy (non-hydrogen) atoms. The van der Waals surface area contributed by atoms with E-state index in [0.29, 0.717) is 29.1 Å². The first-order chi connectivity index (χ1) is 8.95. The smallest absolute Gasteiger partial charge is 0.416 e. The summed E-state index contributed by atoms with van der Waals surface area (Å²) >= 11 is 0. The van der Waals surface area contributed by atoms with Crippen molar-refractivity contribution in [2.24, 2.45) is 0 Å². The lowest BCUT2D eigenvalue weighted by molar-refractivity contribution is -0.137. The van der Waals surface area contributed by atoms with Gasteiger partial charge in [-0.3, -0.25) is 0 Å². The zero-order valence-corrected chi connectivity index (χ0v) is 10.3. The summed E-state index contributed by atoms with van der Waals surface area (Å²) in [6, 6.07) is 6.41. The summed E-state index contributed by atoms with van der Waals surface area (Å²) in [5.74, 6) is 1.12. The van der Waals surface area contributed by atoms with Gasteiger partial charge in [0.1, 0.15) is 11.5 Å². The molecule has 0 unspecified atom stereocenters. The van der Waals surface area contributed by atoms with Crippen LogP contribution in [0.1, 0.15) is 23.8 Å². The quantitative estimate of drug-likeness (QED) is 0.913. The predicted molar refractivity (Wildman–Crippen MR) is 64.4 cm³/mol. The van der Waals surface area contributed by atoms with Crippen LogP contribution < -0.4 is 0 Å². The number of hydrogen-bond donors (Lipinski definition) is 1. The number of rotatable bonds is 3. The van der Waals surface area contributed by atoms with Gasteiger partial charge in [-0.05, 0) is 18.2 Å². The molecule has 1 N–H and O–H groups in total. The fraction of sp³-hybridized carbons (Fsp3) is 0.286. The standard InChI is InChI=1S/C14H13F3O2/c1-2-12-10(8-18)7-13(19-12)9-3-5-11(6-4-9)14(15,16)17/h3-7,18H,2,8H2,1H3. The van der Waals surface area contributed by atoms with Gasteiger partial charge >= 0.3 is 6.18 Å². The van der Waals surface area contributed by atoms with Crippen LogP contribution in [0, 0.1) is 0 Å². The third kappa shape index (κ3) is 2.81. The van der Waals surface area contributed by atoms with Gasteiger partial charge < -0.3 is 9.52 Å². The summed E-state index contributed by atoms with van der Waals surface area (Å²) in [7, 11) is 0. The Morgan fingerprint density at radius 3 is 2.21 bits per heavy atom. The molecule has 5 heteroatoms. The SMILES string of the molecule is CCc1oc(-c2ccc(C(F)(F)F)cc2)cc1CO. The Balaban J connectivity index is 2.34. The van der Waals surface area contributed by atoms with Crippen LogP contribution in [0.25, 0.3) is 11.3 Å². The molecule has 2 aromatic rings. The first kappa shape index (κ1) is 13.7. The average Bonchev–Trinajstić information content (AvgIpc) is 2.81. The first-order valence-corrected chi connectivity index (χ1v) is 5.85. The highest BCUT2D eigenvalue weighted by Gasteiger charge is 2.30. The third-order valence-electron chi connectivity index (χ3n) is 2.88. The predicted octanol–water partition coefficient (Wildman–Crippen LogP) is 4.02. The van der Waals surface area contributed by atoms with Crippen molar-refractivity contribution in [3.8, 4) is 11.3 Å². The highest BCUT2D eigenvalue weighted by Crippen LogP contribution is 2.32. The summed E-state index contributed by atoms with van der Waals surface area (Å²) in [5.41, 5.74) is 0.528. The molecule has 1 aromatic carbocycles. The zero-order chi connectivity index (χ0) is 14.0. The van der Waals surface area contributed by atoms with Crippen molar-refractivity contribution in [3.63, 3.8) is 0 Å². The molecule has 0 bridgehead atoms. The zero-order valence-electron chi connectivity index (χ0n) is 10.3. The van der Waals surface area contributed by atoms with E-state index in [0.717, 1.165) is 12.1 Å². The number of aliphatic hydroxyl groups excluding tert-OH is 1. The summed E-state index contributed by atoms with van der Waals surface area (Å²) in [6.45, 7) is 1.74. The van der Waals surface area contributed by atoms with Crippen LogP contribution in [-0.4, -0.2) is 5.11 Å². The van der Waals surface area contributed by atoms with E-state index in [-0.39, 0.29) is 6.61 Å². The number of aliphatic hydroxyl groups is 1. The molecule has 0 spiro atoms. The van der Waals surface area contributed by atoms with Crippen LogP contribution in [0.3, 0.4) is 0 Å². The van der Waals surface area contributed by atoms with Crippen molar-refractivity contribution in [3.05, 3.63) is 47.2 Å². The summed E-state index contributed by atoms with van der Waals surface area (Å²) in [6.07, 6.45) is -3.72. The van der Waals surface area contributed by atoms with E-state index in [4.69, 9.17) is 9.52 Å². The molecule has 1 aromatic heterocycles. The second kappa shape index (κ2) is 5.09. The lowest BCUT2D eigenvalue weighted by Gasteiger charge is -2.06. The van der Waals surface area contributed by atoms with Crippen molar-refractivity contribution in [1.29, 1.82) is 0 Å². The Kier molecular flexibility index (Phi) is 3.66. The number of benzene rings is 1. The van der Waals surface area contributed by atoms with Crippen LogP contribution in [0.15, 0.2) is 34.7 Å². The van der Waals surface area contributed by atoms with Gasteiger partial charge in [0.25, 0.3) is 0 Å². The van der Waals surface area contributed by atoms with Gasteiger partial charge in [0.05, 0.1) is 12.2 Å². The van der Waals surface area contributed by atoms with Gasteiger partial charge in [0.15, 0.2) is 0 Å². The Labute approximate surface area is 108 Å². The maximum Gasteiger partial charge on any atom is 0.416 e. The van der Waals surface area contributed by atoms with E-state index < -0.39 is 11.7 Å². The topological polar surface area (TPSA) is 33.4 Å². The Morgan fingerprint density at radius 2 is 1.79 bits per heavy atom. The summed E-state index contributed by atoms with van der Waals surface area (Å²) < 4.78 is 42.9. The van der Waals surface area contributed by atoms with Crippen LogP contribution in [0.2, 0.25) is 0 Å². The van der Waals surface area contributed by atoms with Crippen LogP contribution in [0.4, 0.5) is 13.2 Å². The maximum absolute atomic E-state index is 12.4. The number of furan rings is 1. The van der Waals surface area contributed by atoms with Crippen LogP contribution in [0.5, 0.6) is 0 Å². The van der Waals surface area contributed by atoms with Gasteiger partial charge in [0.2, 0.25) is 0 Å². The lowest BCUT2D eigenvalue weighted by Crippen LogP contribution is -2.03. The van der Waals surface area contributed by atoms with E-state index >= 15 is 0 Å². The molecule has 0 fully saturated rings. The van der Waals surface area contributed by atoms with Gasteiger partial charge in [0, 0.05) is 17.5 Å². The van der Waals surface area contributed by atoms with Gasteiger partial charge in [-0.2, -0.15) is 13.2 Å². The van der Waals surface area contributed by atoms with Gasteiger partial charge in [-0.25, -0.2) is 0 Å². The minimum atomic E-state index is -4.34. The van der Waals surface area contributed by atoms with Crippen molar-refractivity contribution < 1.29 is 22.7 Å². The number of hydrogen-bond acceptors (Lipinski definition) is 2. The van der Waals surface area contributed by atoms with Gasteiger partial charge in [-0.15, -0.1) is 0 Å². The van der Waals surface area contributed by atoms with E-state index in [1.165, 1.54) is 12.1 Å². The van der Waals surface area contributed by atoms with E-state index in [9.17, 15) is 13.2 Å².